The van der Waals surface area contributed by atoms with E-state index < -0.39 is 0 Å². The number of benzene rings is 1. The summed E-state index contributed by atoms with van der Waals surface area (Å²) in [6, 6.07) is 8.43. The summed E-state index contributed by atoms with van der Waals surface area (Å²) in [4.78, 5) is 0. The molecule has 0 aliphatic rings. The van der Waals surface area contributed by atoms with Crippen LogP contribution in [0.5, 0.6) is 0 Å². The lowest BCUT2D eigenvalue weighted by Gasteiger charge is -2.04. The van der Waals surface area contributed by atoms with Crippen molar-refractivity contribution in [3.8, 4) is 11.3 Å². The van der Waals surface area contributed by atoms with Crippen molar-refractivity contribution in [2.24, 2.45) is 14.1 Å². The Bertz CT molecular complexity index is 671. The summed E-state index contributed by atoms with van der Waals surface area (Å²) in [6.45, 7) is 0. The standard InChI is InChI=1S/C13H14N4/c1-16-6-5-9-7-10(3-4-12(9)16)13-11(14)8-15-17(13)2/h3-8H,14H2,1-2H3. The Hall–Kier alpha value is -2.23. The van der Waals surface area contributed by atoms with Crippen LogP contribution in [0, 0.1) is 0 Å². The van der Waals surface area contributed by atoms with Gasteiger partial charge in [-0.25, -0.2) is 0 Å². The first-order valence-electron chi connectivity index (χ1n) is 5.50. The molecule has 0 unspecified atom stereocenters. The maximum atomic E-state index is 5.93. The van der Waals surface area contributed by atoms with E-state index in [0.717, 1.165) is 11.3 Å². The first-order chi connectivity index (χ1) is 8.16. The van der Waals surface area contributed by atoms with Gasteiger partial charge in [0.15, 0.2) is 0 Å². The number of hydrogen-bond donors (Lipinski definition) is 1. The lowest BCUT2D eigenvalue weighted by molar-refractivity contribution is 0.776. The molecule has 0 radical (unpaired) electrons. The molecular weight excluding hydrogens is 212 g/mol. The van der Waals surface area contributed by atoms with Crippen molar-refractivity contribution in [2.45, 2.75) is 0 Å². The van der Waals surface area contributed by atoms with Gasteiger partial charge in [-0.1, -0.05) is 6.07 Å². The van der Waals surface area contributed by atoms with Crippen molar-refractivity contribution >= 4 is 16.6 Å². The molecule has 0 saturated carbocycles. The van der Waals surface area contributed by atoms with Crippen LogP contribution in [0.4, 0.5) is 5.69 Å². The van der Waals surface area contributed by atoms with Crippen molar-refractivity contribution in [1.82, 2.24) is 14.3 Å². The molecule has 0 spiro atoms. The summed E-state index contributed by atoms with van der Waals surface area (Å²) in [5.41, 5.74) is 9.93. The molecule has 17 heavy (non-hydrogen) atoms. The van der Waals surface area contributed by atoms with Crippen LogP contribution in [0.25, 0.3) is 22.2 Å². The lowest BCUT2D eigenvalue weighted by Crippen LogP contribution is -1.95. The van der Waals surface area contributed by atoms with Crippen molar-refractivity contribution < 1.29 is 0 Å². The van der Waals surface area contributed by atoms with Crippen LogP contribution < -0.4 is 5.73 Å². The van der Waals surface area contributed by atoms with Gasteiger partial charge in [0.2, 0.25) is 0 Å². The van der Waals surface area contributed by atoms with Gasteiger partial charge in [0, 0.05) is 36.8 Å². The minimum Gasteiger partial charge on any atom is -0.396 e. The minimum atomic E-state index is 0.711. The largest absolute Gasteiger partial charge is 0.396 e. The van der Waals surface area contributed by atoms with E-state index in [4.69, 9.17) is 5.73 Å². The third-order valence-corrected chi connectivity index (χ3v) is 3.13. The number of fused-ring (bicyclic) bond motifs is 1. The van der Waals surface area contributed by atoms with Gasteiger partial charge in [-0.2, -0.15) is 5.10 Å². The fraction of sp³-hybridized carbons (Fsp3) is 0.154. The third-order valence-electron chi connectivity index (χ3n) is 3.13. The minimum absolute atomic E-state index is 0.711. The number of nitrogens with zero attached hydrogens (tertiary/aromatic N) is 3. The summed E-state index contributed by atoms with van der Waals surface area (Å²) < 4.78 is 3.91. The Kier molecular flexibility index (Phi) is 1.98. The molecule has 0 atom stereocenters. The quantitative estimate of drug-likeness (QED) is 0.691. The van der Waals surface area contributed by atoms with Gasteiger partial charge in [-0.3, -0.25) is 4.68 Å². The Morgan fingerprint density at radius 2 is 2.00 bits per heavy atom. The van der Waals surface area contributed by atoms with E-state index in [-0.39, 0.29) is 0 Å². The fourth-order valence-corrected chi connectivity index (χ4v) is 2.24. The highest BCUT2D eigenvalue weighted by atomic mass is 15.3. The number of aryl methyl sites for hydroxylation is 2. The normalized spacial score (nSPS) is 11.2. The van der Waals surface area contributed by atoms with Crippen LogP contribution in [0.1, 0.15) is 0 Å². The van der Waals surface area contributed by atoms with Crippen molar-refractivity contribution in [3.05, 3.63) is 36.7 Å². The predicted octanol–water partition coefficient (Wildman–Crippen LogP) is 2.16. The molecule has 86 valence electrons. The zero-order valence-corrected chi connectivity index (χ0v) is 9.88. The monoisotopic (exact) mass is 226 g/mol. The summed E-state index contributed by atoms with van der Waals surface area (Å²) >= 11 is 0. The fourth-order valence-electron chi connectivity index (χ4n) is 2.24. The Labute approximate surface area is 99.3 Å². The second-order valence-electron chi connectivity index (χ2n) is 4.27. The van der Waals surface area contributed by atoms with Gasteiger partial charge >= 0.3 is 0 Å². The van der Waals surface area contributed by atoms with Crippen LogP contribution in [-0.4, -0.2) is 14.3 Å². The highest BCUT2D eigenvalue weighted by molar-refractivity contribution is 5.87. The van der Waals surface area contributed by atoms with E-state index in [1.54, 1.807) is 10.9 Å². The summed E-state index contributed by atoms with van der Waals surface area (Å²) in [5, 5.41) is 5.38. The lowest BCUT2D eigenvalue weighted by atomic mass is 10.1. The number of nitrogen functional groups attached to an aromatic ring is 1. The number of nitrogens with two attached hydrogens (primary N) is 1. The zero-order chi connectivity index (χ0) is 12.0. The van der Waals surface area contributed by atoms with E-state index in [1.807, 2.05) is 14.1 Å². The molecule has 0 bridgehead atoms. The van der Waals surface area contributed by atoms with Crippen molar-refractivity contribution in [2.75, 3.05) is 5.73 Å². The average molecular weight is 226 g/mol. The van der Waals surface area contributed by atoms with Crippen LogP contribution in [0.2, 0.25) is 0 Å². The molecule has 2 heterocycles. The molecule has 4 heteroatoms. The Morgan fingerprint density at radius 1 is 1.18 bits per heavy atom. The van der Waals surface area contributed by atoms with Gasteiger partial charge in [0.05, 0.1) is 17.6 Å². The van der Waals surface area contributed by atoms with E-state index in [2.05, 4.69) is 40.1 Å². The summed E-state index contributed by atoms with van der Waals surface area (Å²) in [5.74, 6) is 0. The number of rotatable bonds is 1. The average Bonchev–Trinajstić information content (AvgIpc) is 2.83. The van der Waals surface area contributed by atoms with Crippen LogP contribution >= 0.6 is 0 Å². The first-order valence-corrected chi connectivity index (χ1v) is 5.50. The summed E-state index contributed by atoms with van der Waals surface area (Å²) in [6.07, 6.45) is 3.74. The van der Waals surface area contributed by atoms with Crippen LogP contribution in [-0.2, 0) is 14.1 Å². The van der Waals surface area contributed by atoms with Gasteiger partial charge in [-0.05, 0) is 18.2 Å². The molecule has 0 aliphatic carbocycles. The SMILES string of the molecule is Cn1ncc(N)c1-c1ccc2c(ccn2C)c1. The van der Waals surface area contributed by atoms with E-state index >= 15 is 0 Å². The number of hydrogen-bond acceptors (Lipinski definition) is 2. The maximum Gasteiger partial charge on any atom is 0.0908 e. The van der Waals surface area contributed by atoms with Crippen LogP contribution in [0.15, 0.2) is 36.7 Å². The number of anilines is 1. The molecule has 3 aromatic rings. The Balaban J connectivity index is 2.25. The molecule has 2 N–H and O–H groups in total. The molecule has 4 nitrogen and oxygen atoms in total. The van der Waals surface area contributed by atoms with Gasteiger partial charge < -0.3 is 10.3 Å². The maximum absolute atomic E-state index is 5.93. The molecule has 0 aliphatic heterocycles. The molecule has 2 aromatic heterocycles. The molecular formula is C13H14N4. The van der Waals surface area contributed by atoms with E-state index in [9.17, 15) is 0 Å². The zero-order valence-electron chi connectivity index (χ0n) is 9.88. The van der Waals surface area contributed by atoms with Gasteiger partial charge in [0.1, 0.15) is 0 Å². The molecule has 3 rings (SSSR count). The molecule has 0 saturated heterocycles. The third kappa shape index (κ3) is 1.41. The first kappa shape index (κ1) is 9.96. The smallest absolute Gasteiger partial charge is 0.0908 e. The van der Waals surface area contributed by atoms with E-state index in [1.165, 1.54) is 10.9 Å². The second kappa shape index (κ2) is 3.38. The Morgan fingerprint density at radius 3 is 2.71 bits per heavy atom. The highest BCUT2D eigenvalue weighted by Gasteiger charge is 2.09. The predicted molar refractivity (Wildman–Crippen MR) is 69.5 cm³/mol. The topological polar surface area (TPSA) is 48.8 Å². The van der Waals surface area contributed by atoms with Crippen LogP contribution in [0.3, 0.4) is 0 Å². The summed E-state index contributed by atoms with van der Waals surface area (Å²) in [7, 11) is 3.95. The van der Waals surface area contributed by atoms with E-state index in [0.29, 0.717) is 5.69 Å². The molecule has 0 fully saturated rings. The number of aromatic nitrogens is 3. The molecule has 0 amide bonds. The highest BCUT2D eigenvalue weighted by Crippen LogP contribution is 2.28. The van der Waals surface area contributed by atoms with Gasteiger partial charge in [-0.15, -0.1) is 0 Å². The second-order valence-corrected chi connectivity index (χ2v) is 4.27. The molecule has 1 aromatic carbocycles. The van der Waals surface area contributed by atoms with Crippen molar-refractivity contribution in [3.63, 3.8) is 0 Å². The van der Waals surface area contributed by atoms with Gasteiger partial charge in [0.25, 0.3) is 0 Å². The van der Waals surface area contributed by atoms with Crippen molar-refractivity contribution in [1.29, 1.82) is 0 Å².